The number of rotatable bonds is 2. The fourth-order valence-corrected chi connectivity index (χ4v) is 7.77. The first-order chi connectivity index (χ1) is 14.7. The van der Waals surface area contributed by atoms with Crippen LogP contribution in [0.1, 0.15) is 27.1 Å². The van der Waals surface area contributed by atoms with Gasteiger partial charge in [-0.25, -0.2) is 0 Å². The van der Waals surface area contributed by atoms with E-state index in [0.717, 1.165) is 17.1 Å². The van der Waals surface area contributed by atoms with Crippen LogP contribution in [-0.2, 0) is 0 Å². The number of thiophene rings is 1. The van der Waals surface area contributed by atoms with Crippen molar-refractivity contribution in [2.24, 2.45) is 0 Å². The number of nitrogens with zero attached hydrogens (tertiary/aromatic N) is 2. The van der Waals surface area contributed by atoms with Gasteiger partial charge in [-0.15, -0.1) is 0 Å². The van der Waals surface area contributed by atoms with Crippen molar-refractivity contribution in [1.29, 1.82) is 0 Å². The van der Waals surface area contributed by atoms with Crippen molar-refractivity contribution in [3.8, 4) is 0 Å². The summed E-state index contributed by atoms with van der Waals surface area (Å²) in [5.74, 6) is 0.681. The number of ketones is 2. The molecule has 0 atom stereocenters. The summed E-state index contributed by atoms with van der Waals surface area (Å²) < 4.78 is 2.71. The number of Topliss-reactive ketones (excluding diaryl/α,β-unsaturated/α-hetero) is 2. The molecule has 0 unspecified atom stereocenters. The van der Waals surface area contributed by atoms with E-state index in [4.69, 9.17) is 0 Å². The molecule has 3 aromatic rings. The summed E-state index contributed by atoms with van der Waals surface area (Å²) in [6.45, 7) is 0. The quantitative estimate of drug-likeness (QED) is 0.294. The van der Waals surface area contributed by atoms with Crippen LogP contribution in [0.4, 0.5) is 11.5 Å². The SMILES string of the molecule is O=C1C(=CC2=CC=C(N3c4ccccc4[Te]c4cccnc43)C2)C(=O)c2cscc21. The van der Waals surface area contributed by atoms with Crippen molar-refractivity contribution in [2.45, 2.75) is 6.42 Å². The van der Waals surface area contributed by atoms with Gasteiger partial charge in [0.25, 0.3) is 0 Å². The van der Waals surface area contributed by atoms with Crippen LogP contribution in [0.2, 0.25) is 0 Å². The van der Waals surface area contributed by atoms with Gasteiger partial charge in [0.2, 0.25) is 0 Å². The van der Waals surface area contributed by atoms with Crippen molar-refractivity contribution in [3.05, 3.63) is 99.6 Å². The van der Waals surface area contributed by atoms with Gasteiger partial charge in [0.15, 0.2) is 0 Å². The minimum atomic E-state index is -0.479. The molecule has 3 heterocycles. The monoisotopic (exact) mass is 524 g/mol. The number of carbonyl (C=O) groups excluding carboxylic acids is 2. The molecule has 2 aliphatic carbocycles. The van der Waals surface area contributed by atoms with Crippen molar-refractivity contribution in [1.82, 2.24) is 4.98 Å². The van der Waals surface area contributed by atoms with E-state index < -0.39 is 20.9 Å². The van der Waals surface area contributed by atoms with E-state index in [1.165, 1.54) is 24.2 Å². The van der Waals surface area contributed by atoms with Crippen LogP contribution in [0, 0.1) is 0 Å². The van der Waals surface area contributed by atoms with Crippen LogP contribution in [0.25, 0.3) is 0 Å². The van der Waals surface area contributed by atoms with Gasteiger partial charge in [0.1, 0.15) is 0 Å². The molecule has 4 nitrogen and oxygen atoms in total. The summed E-state index contributed by atoms with van der Waals surface area (Å²) in [5, 5.41) is 3.53. The first kappa shape index (κ1) is 18.0. The molecule has 6 rings (SSSR count). The number of para-hydroxylation sites is 1. The molecule has 0 saturated carbocycles. The normalized spacial score (nSPS) is 16.8. The summed E-state index contributed by atoms with van der Waals surface area (Å²) >= 11 is 0.917. The third-order valence-corrected chi connectivity index (χ3v) is 9.31. The average Bonchev–Trinajstić information content (AvgIpc) is 3.48. The predicted molar refractivity (Wildman–Crippen MR) is 120 cm³/mol. The van der Waals surface area contributed by atoms with Gasteiger partial charge >= 0.3 is 188 Å². The molecule has 3 aliphatic rings. The standard InChI is InChI=1S/C24H14N2O2STe/c27-22-16(23(28)18-13-29-12-17(18)22)11-14-7-8-15(10-14)26-19-4-1-2-5-20(19)30-21-6-3-9-25-24(21)26/h1-9,11-13H,10H2. The molecule has 0 radical (unpaired) electrons. The Morgan fingerprint density at radius 2 is 1.73 bits per heavy atom. The van der Waals surface area contributed by atoms with Gasteiger partial charge in [-0.05, 0) is 0 Å². The molecule has 0 spiro atoms. The van der Waals surface area contributed by atoms with E-state index in [0.29, 0.717) is 17.5 Å². The Hall–Kier alpha value is -2.78. The molecule has 0 amide bonds. The predicted octanol–water partition coefficient (Wildman–Crippen LogP) is 3.47. The zero-order valence-corrected chi connectivity index (χ0v) is 18.8. The van der Waals surface area contributed by atoms with Gasteiger partial charge in [-0.3, -0.25) is 0 Å². The van der Waals surface area contributed by atoms with Crippen LogP contribution < -0.4 is 12.1 Å². The fraction of sp³-hybridized carbons (Fsp3) is 0.0417. The molecular formula is C24H14N2O2STe. The summed E-state index contributed by atoms with van der Waals surface area (Å²) in [6.07, 6.45) is 8.34. The summed E-state index contributed by atoms with van der Waals surface area (Å²) in [7, 11) is 0. The molecular weight excluding hydrogens is 508 g/mol. The second kappa shape index (κ2) is 6.88. The zero-order chi connectivity index (χ0) is 20.2. The second-order valence-corrected chi connectivity index (χ2v) is 11.1. The second-order valence-electron chi connectivity index (χ2n) is 7.22. The molecule has 0 N–H and O–H groups in total. The number of hydrogen-bond acceptors (Lipinski definition) is 5. The number of allylic oxidation sites excluding steroid dienone is 5. The Morgan fingerprint density at radius 3 is 2.57 bits per heavy atom. The molecule has 0 bridgehead atoms. The fourth-order valence-electron chi connectivity index (χ4n) is 4.02. The van der Waals surface area contributed by atoms with E-state index in [2.05, 4.69) is 46.3 Å². The number of aromatic nitrogens is 1. The van der Waals surface area contributed by atoms with Crippen molar-refractivity contribution < 1.29 is 9.59 Å². The van der Waals surface area contributed by atoms with Crippen LogP contribution in [0.15, 0.2) is 88.4 Å². The van der Waals surface area contributed by atoms with E-state index in [1.54, 1.807) is 16.8 Å². The average molecular weight is 522 g/mol. The Kier molecular flexibility index (Phi) is 4.14. The minimum absolute atomic E-state index is 0.161. The molecule has 30 heavy (non-hydrogen) atoms. The van der Waals surface area contributed by atoms with Crippen molar-refractivity contribution in [2.75, 3.05) is 4.90 Å². The summed E-state index contributed by atoms with van der Waals surface area (Å²) in [6, 6.07) is 12.7. The zero-order valence-electron chi connectivity index (χ0n) is 15.7. The van der Waals surface area contributed by atoms with Crippen molar-refractivity contribution >= 4 is 62.6 Å². The maximum absolute atomic E-state index is 12.6. The Morgan fingerprint density at radius 1 is 0.967 bits per heavy atom. The third-order valence-electron chi connectivity index (χ3n) is 5.42. The van der Waals surface area contributed by atoms with E-state index in [9.17, 15) is 9.59 Å². The van der Waals surface area contributed by atoms with Crippen LogP contribution >= 0.6 is 11.3 Å². The maximum atomic E-state index is 12.6. The van der Waals surface area contributed by atoms with E-state index in [-0.39, 0.29) is 17.1 Å². The number of hydrogen-bond donors (Lipinski definition) is 0. The number of fused-ring (bicyclic) bond motifs is 3. The number of benzene rings is 1. The van der Waals surface area contributed by atoms with Gasteiger partial charge in [0, 0.05) is 0 Å². The van der Waals surface area contributed by atoms with Gasteiger partial charge in [-0.2, -0.15) is 0 Å². The number of pyridine rings is 1. The third kappa shape index (κ3) is 2.69. The molecule has 144 valence electrons. The Labute approximate surface area is 187 Å². The van der Waals surface area contributed by atoms with Gasteiger partial charge in [0.05, 0.1) is 0 Å². The summed E-state index contributed by atoms with van der Waals surface area (Å²) in [5.41, 5.74) is 4.61. The molecule has 0 saturated heterocycles. The van der Waals surface area contributed by atoms with E-state index in [1.807, 2.05) is 18.3 Å². The molecule has 0 fully saturated rings. The van der Waals surface area contributed by atoms with E-state index >= 15 is 0 Å². The topological polar surface area (TPSA) is 50.3 Å². The first-order valence-corrected chi connectivity index (χ1v) is 12.8. The van der Waals surface area contributed by atoms with Crippen LogP contribution in [0.5, 0.6) is 0 Å². The van der Waals surface area contributed by atoms with Gasteiger partial charge < -0.3 is 0 Å². The number of carbonyl (C=O) groups is 2. The molecule has 2 aromatic heterocycles. The van der Waals surface area contributed by atoms with Crippen LogP contribution in [0.3, 0.4) is 0 Å². The first-order valence-electron chi connectivity index (χ1n) is 9.50. The van der Waals surface area contributed by atoms with Crippen molar-refractivity contribution in [3.63, 3.8) is 0 Å². The van der Waals surface area contributed by atoms with Crippen LogP contribution in [-0.4, -0.2) is 37.5 Å². The number of anilines is 2. The summed E-state index contributed by atoms with van der Waals surface area (Å²) in [4.78, 5) is 32.2. The Balaban J connectivity index is 1.33. The molecule has 1 aliphatic heterocycles. The molecule has 6 heteroatoms. The Bertz CT molecular complexity index is 1270. The molecule has 1 aromatic carbocycles. The van der Waals surface area contributed by atoms with Gasteiger partial charge in [-0.1, -0.05) is 0 Å².